The van der Waals surface area contributed by atoms with Gasteiger partial charge >= 0.3 is 0 Å². The third-order valence-electron chi connectivity index (χ3n) is 4.94. The number of hydrogen-bond acceptors (Lipinski definition) is 5. The van der Waals surface area contributed by atoms with Crippen LogP contribution in [0.15, 0.2) is 34.7 Å². The summed E-state index contributed by atoms with van der Waals surface area (Å²) in [6.07, 6.45) is 2.02. The summed E-state index contributed by atoms with van der Waals surface area (Å²) in [6.45, 7) is 7.42. The van der Waals surface area contributed by atoms with Gasteiger partial charge in [-0.25, -0.2) is 0 Å². The van der Waals surface area contributed by atoms with E-state index in [1.807, 2.05) is 51.1 Å². The third kappa shape index (κ3) is 5.55. The van der Waals surface area contributed by atoms with E-state index in [0.29, 0.717) is 43.3 Å². The molecular formula is C23H30N2O5. The van der Waals surface area contributed by atoms with Crippen molar-refractivity contribution in [3.05, 3.63) is 47.4 Å². The number of amides is 2. The maximum Gasteiger partial charge on any atom is 0.242 e. The van der Waals surface area contributed by atoms with Crippen LogP contribution < -0.4 is 9.47 Å². The molecule has 7 nitrogen and oxygen atoms in total. The molecule has 1 aliphatic rings. The number of benzene rings is 1. The van der Waals surface area contributed by atoms with Crippen LogP contribution in [0.4, 0.5) is 0 Å². The van der Waals surface area contributed by atoms with Crippen molar-refractivity contribution in [3.8, 4) is 11.5 Å². The van der Waals surface area contributed by atoms with E-state index >= 15 is 0 Å². The Hall–Kier alpha value is -2.96. The predicted molar refractivity (Wildman–Crippen MR) is 112 cm³/mol. The first-order chi connectivity index (χ1) is 14.5. The van der Waals surface area contributed by atoms with Crippen molar-refractivity contribution in [2.75, 3.05) is 19.9 Å². The minimum Gasteiger partial charge on any atom is -0.464 e. The molecule has 2 aromatic rings. The molecule has 0 N–H and O–H groups in total. The van der Waals surface area contributed by atoms with Gasteiger partial charge in [0.1, 0.15) is 11.5 Å². The molecule has 2 heterocycles. The zero-order valence-electron chi connectivity index (χ0n) is 18.0. The van der Waals surface area contributed by atoms with E-state index < -0.39 is 0 Å². The summed E-state index contributed by atoms with van der Waals surface area (Å²) in [4.78, 5) is 29.0. The van der Waals surface area contributed by atoms with E-state index in [1.54, 1.807) is 9.80 Å². The van der Waals surface area contributed by atoms with E-state index in [-0.39, 0.29) is 25.2 Å². The topological polar surface area (TPSA) is 72.2 Å². The van der Waals surface area contributed by atoms with Crippen molar-refractivity contribution in [2.45, 2.75) is 53.1 Å². The van der Waals surface area contributed by atoms with Crippen molar-refractivity contribution >= 4 is 11.8 Å². The van der Waals surface area contributed by atoms with Crippen LogP contribution in [0.2, 0.25) is 0 Å². The molecular weight excluding hydrogens is 384 g/mol. The lowest BCUT2D eigenvalue weighted by atomic mass is 10.1. The second-order valence-electron chi connectivity index (χ2n) is 7.52. The smallest absolute Gasteiger partial charge is 0.242 e. The number of fused-ring (bicyclic) bond motifs is 1. The molecule has 0 atom stereocenters. The average molecular weight is 415 g/mol. The Morgan fingerprint density at radius 2 is 1.73 bits per heavy atom. The Bertz CT molecular complexity index is 876. The molecule has 7 heteroatoms. The van der Waals surface area contributed by atoms with Crippen LogP contribution >= 0.6 is 0 Å². The highest BCUT2D eigenvalue weighted by Crippen LogP contribution is 2.33. The maximum absolute atomic E-state index is 13.2. The van der Waals surface area contributed by atoms with Crippen LogP contribution in [0, 0.1) is 6.92 Å². The summed E-state index contributed by atoms with van der Waals surface area (Å²) in [5.74, 6) is 2.80. The fourth-order valence-corrected chi connectivity index (χ4v) is 3.45. The van der Waals surface area contributed by atoms with Gasteiger partial charge in [0, 0.05) is 19.5 Å². The first-order valence-electron chi connectivity index (χ1n) is 10.5. The van der Waals surface area contributed by atoms with Crippen LogP contribution in [0.5, 0.6) is 11.5 Å². The lowest BCUT2D eigenvalue weighted by molar-refractivity contribution is -0.141. The van der Waals surface area contributed by atoms with E-state index in [4.69, 9.17) is 13.9 Å². The van der Waals surface area contributed by atoms with Crippen molar-refractivity contribution in [2.24, 2.45) is 0 Å². The molecule has 1 aromatic heterocycles. The Labute approximate surface area is 177 Å². The summed E-state index contributed by atoms with van der Waals surface area (Å²) in [5.41, 5.74) is 0.929. The molecule has 0 radical (unpaired) electrons. The highest BCUT2D eigenvalue weighted by molar-refractivity contribution is 5.84. The van der Waals surface area contributed by atoms with Gasteiger partial charge in [-0.05, 0) is 49.6 Å². The standard InChI is InChI=1S/C23H30N2O5/c1-4-6-22(26)24(11-5-2)15-23(27)25(14-19-9-7-17(3)30-19)13-18-8-10-20-21(12-18)29-16-28-20/h7-10,12H,4-6,11,13-16H2,1-3H3. The summed E-state index contributed by atoms with van der Waals surface area (Å²) in [5, 5.41) is 0. The number of aryl methyl sites for hydroxylation is 1. The van der Waals surface area contributed by atoms with Gasteiger partial charge in [-0.3, -0.25) is 9.59 Å². The number of rotatable bonds is 10. The predicted octanol–water partition coefficient (Wildman–Crippen LogP) is 3.88. The Balaban J connectivity index is 1.77. The molecule has 1 aromatic carbocycles. The summed E-state index contributed by atoms with van der Waals surface area (Å²) in [7, 11) is 0. The molecule has 0 spiro atoms. The largest absolute Gasteiger partial charge is 0.464 e. The van der Waals surface area contributed by atoms with Crippen LogP contribution in [-0.2, 0) is 22.7 Å². The second kappa shape index (κ2) is 10.2. The summed E-state index contributed by atoms with van der Waals surface area (Å²) in [6, 6.07) is 9.43. The number of carbonyl (C=O) groups is 2. The van der Waals surface area contributed by atoms with E-state index in [0.717, 1.165) is 24.2 Å². The molecule has 3 rings (SSSR count). The van der Waals surface area contributed by atoms with Crippen molar-refractivity contribution in [1.82, 2.24) is 9.80 Å². The second-order valence-corrected chi connectivity index (χ2v) is 7.52. The SMILES string of the molecule is CCCC(=O)N(CCC)CC(=O)N(Cc1ccc2c(c1)OCO2)Cc1ccc(C)o1. The van der Waals surface area contributed by atoms with E-state index in [9.17, 15) is 9.59 Å². The minimum atomic E-state index is -0.111. The van der Waals surface area contributed by atoms with Gasteiger partial charge in [0.25, 0.3) is 0 Å². The maximum atomic E-state index is 13.2. The molecule has 0 aliphatic carbocycles. The summed E-state index contributed by atoms with van der Waals surface area (Å²) >= 11 is 0. The highest BCUT2D eigenvalue weighted by Gasteiger charge is 2.23. The van der Waals surface area contributed by atoms with Crippen LogP contribution in [-0.4, -0.2) is 41.5 Å². The van der Waals surface area contributed by atoms with Crippen molar-refractivity contribution in [3.63, 3.8) is 0 Å². The fourth-order valence-electron chi connectivity index (χ4n) is 3.45. The molecule has 1 aliphatic heterocycles. The number of ether oxygens (including phenoxy) is 2. The zero-order valence-corrected chi connectivity index (χ0v) is 18.0. The quantitative estimate of drug-likeness (QED) is 0.590. The lowest BCUT2D eigenvalue weighted by Gasteiger charge is -2.27. The normalized spacial score (nSPS) is 12.1. The van der Waals surface area contributed by atoms with Crippen molar-refractivity contribution in [1.29, 1.82) is 0 Å². The van der Waals surface area contributed by atoms with Crippen LogP contribution in [0.3, 0.4) is 0 Å². The first kappa shape index (κ1) is 21.7. The lowest BCUT2D eigenvalue weighted by Crippen LogP contribution is -2.42. The Morgan fingerprint density at radius 1 is 0.933 bits per heavy atom. The molecule has 0 unspecified atom stereocenters. The van der Waals surface area contributed by atoms with E-state index in [1.165, 1.54) is 0 Å². The Morgan fingerprint density at radius 3 is 2.43 bits per heavy atom. The van der Waals surface area contributed by atoms with Gasteiger partial charge in [0.2, 0.25) is 18.6 Å². The minimum absolute atomic E-state index is 0.0181. The third-order valence-corrected chi connectivity index (χ3v) is 4.94. The van der Waals surface area contributed by atoms with Gasteiger partial charge in [0.05, 0.1) is 13.1 Å². The molecule has 0 bridgehead atoms. The molecule has 162 valence electrons. The monoisotopic (exact) mass is 414 g/mol. The van der Waals surface area contributed by atoms with Gasteiger partial charge in [0.15, 0.2) is 11.5 Å². The van der Waals surface area contributed by atoms with Gasteiger partial charge in [-0.2, -0.15) is 0 Å². The number of hydrogen-bond donors (Lipinski definition) is 0. The molecule has 0 saturated carbocycles. The van der Waals surface area contributed by atoms with Crippen LogP contribution in [0.1, 0.15) is 50.2 Å². The molecule has 30 heavy (non-hydrogen) atoms. The van der Waals surface area contributed by atoms with Gasteiger partial charge in [-0.15, -0.1) is 0 Å². The molecule has 2 amide bonds. The fraction of sp³-hybridized carbons (Fsp3) is 0.478. The highest BCUT2D eigenvalue weighted by atomic mass is 16.7. The zero-order chi connectivity index (χ0) is 21.5. The van der Waals surface area contributed by atoms with Crippen molar-refractivity contribution < 1.29 is 23.5 Å². The van der Waals surface area contributed by atoms with Gasteiger partial charge < -0.3 is 23.7 Å². The van der Waals surface area contributed by atoms with E-state index in [2.05, 4.69) is 0 Å². The molecule has 0 fully saturated rings. The molecule has 0 saturated heterocycles. The first-order valence-corrected chi connectivity index (χ1v) is 10.5. The number of carbonyl (C=O) groups excluding carboxylic acids is 2. The van der Waals surface area contributed by atoms with Gasteiger partial charge in [-0.1, -0.05) is 19.9 Å². The average Bonchev–Trinajstić information content (AvgIpc) is 3.35. The number of nitrogens with zero attached hydrogens (tertiary/aromatic N) is 2. The number of furan rings is 1. The van der Waals surface area contributed by atoms with Crippen LogP contribution in [0.25, 0.3) is 0 Å². The Kier molecular flexibility index (Phi) is 7.38. The summed E-state index contributed by atoms with van der Waals surface area (Å²) < 4.78 is 16.5.